The number of benzene rings is 1. The number of fused-ring (bicyclic) bond motifs is 1. The fourth-order valence-corrected chi connectivity index (χ4v) is 3.35. The van der Waals surface area contributed by atoms with Crippen molar-refractivity contribution in [1.82, 2.24) is 9.97 Å². The second kappa shape index (κ2) is 4.89. The molecule has 1 fully saturated rings. The predicted molar refractivity (Wildman–Crippen MR) is 72.9 cm³/mol. The highest BCUT2D eigenvalue weighted by Gasteiger charge is 2.37. The van der Waals surface area contributed by atoms with Gasteiger partial charge >= 0.3 is 5.97 Å². The van der Waals surface area contributed by atoms with Crippen LogP contribution in [0.3, 0.4) is 0 Å². The molecule has 20 heavy (non-hydrogen) atoms. The summed E-state index contributed by atoms with van der Waals surface area (Å²) in [6.45, 7) is 0. The summed E-state index contributed by atoms with van der Waals surface area (Å²) in [4.78, 5) is 18.5. The van der Waals surface area contributed by atoms with Gasteiger partial charge in [0.25, 0.3) is 0 Å². The number of halogens is 1. The number of rotatable bonds is 4. The summed E-state index contributed by atoms with van der Waals surface area (Å²) in [5.41, 5.74) is 0.783. The van der Waals surface area contributed by atoms with Gasteiger partial charge in [0.15, 0.2) is 5.82 Å². The summed E-state index contributed by atoms with van der Waals surface area (Å²) in [7, 11) is 0. The Morgan fingerprint density at radius 2 is 2.15 bits per heavy atom. The second-order valence-electron chi connectivity index (χ2n) is 5.77. The standard InChI is InChI=1S/C15H17FN2O2/c16-10-4-3-5-11-14(10)18-12(17-11)8-15(9-13(19)20)6-1-2-7-15/h3-5H,1-2,6-9H2,(H,17,18)(H,19,20). The van der Waals surface area contributed by atoms with Crippen LogP contribution in [0.15, 0.2) is 18.2 Å². The molecule has 2 N–H and O–H groups in total. The third-order valence-corrected chi connectivity index (χ3v) is 4.25. The van der Waals surface area contributed by atoms with Crippen molar-refractivity contribution in [3.63, 3.8) is 0 Å². The molecule has 4 nitrogen and oxygen atoms in total. The highest BCUT2D eigenvalue weighted by molar-refractivity contribution is 5.75. The lowest BCUT2D eigenvalue weighted by atomic mass is 9.79. The molecule has 106 valence electrons. The molecular formula is C15H17FN2O2. The van der Waals surface area contributed by atoms with Crippen molar-refractivity contribution in [2.75, 3.05) is 0 Å². The topological polar surface area (TPSA) is 66.0 Å². The van der Waals surface area contributed by atoms with E-state index >= 15 is 0 Å². The number of aromatic nitrogens is 2. The zero-order valence-corrected chi connectivity index (χ0v) is 11.2. The Hall–Kier alpha value is -1.91. The van der Waals surface area contributed by atoms with Crippen LogP contribution < -0.4 is 0 Å². The molecule has 1 aromatic heterocycles. The minimum Gasteiger partial charge on any atom is -0.481 e. The highest BCUT2D eigenvalue weighted by atomic mass is 19.1. The summed E-state index contributed by atoms with van der Waals surface area (Å²) in [5, 5.41) is 9.11. The zero-order valence-electron chi connectivity index (χ0n) is 11.2. The molecule has 1 aliphatic rings. The van der Waals surface area contributed by atoms with Crippen LogP contribution >= 0.6 is 0 Å². The Morgan fingerprint density at radius 3 is 2.80 bits per heavy atom. The Labute approximate surface area is 116 Å². The van der Waals surface area contributed by atoms with Gasteiger partial charge in [0.2, 0.25) is 0 Å². The molecule has 3 rings (SSSR count). The minimum atomic E-state index is -0.769. The molecule has 1 heterocycles. The van der Waals surface area contributed by atoms with Crippen LogP contribution in [0.1, 0.15) is 37.9 Å². The van der Waals surface area contributed by atoms with Gasteiger partial charge in [-0.2, -0.15) is 0 Å². The number of nitrogens with one attached hydrogen (secondary N) is 1. The molecule has 0 atom stereocenters. The number of carboxylic acids is 1. The lowest BCUT2D eigenvalue weighted by molar-refractivity contribution is -0.139. The van der Waals surface area contributed by atoms with E-state index in [1.54, 1.807) is 12.1 Å². The Bertz CT molecular complexity index is 644. The van der Waals surface area contributed by atoms with Gasteiger partial charge in [-0.25, -0.2) is 9.37 Å². The Morgan fingerprint density at radius 1 is 1.40 bits per heavy atom. The van der Waals surface area contributed by atoms with Crippen LogP contribution in [0.5, 0.6) is 0 Å². The highest BCUT2D eigenvalue weighted by Crippen LogP contribution is 2.43. The monoisotopic (exact) mass is 276 g/mol. The van der Waals surface area contributed by atoms with E-state index in [0.717, 1.165) is 25.7 Å². The number of hydrogen-bond donors (Lipinski definition) is 2. The van der Waals surface area contributed by atoms with Gasteiger partial charge in [0.05, 0.1) is 11.9 Å². The fourth-order valence-electron chi connectivity index (χ4n) is 3.35. The molecule has 1 aliphatic carbocycles. The van der Waals surface area contributed by atoms with E-state index in [1.165, 1.54) is 6.07 Å². The molecule has 0 amide bonds. The van der Waals surface area contributed by atoms with Gasteiger partial charge in [-0.15, -0.1) is 0 Å². The molecule has 1 saturated carbocycles. The van der Waals surface area contributed by atoms with E-state index in [2.05, 4.69) is 9.97 Å². The van der Waals surface area contributed by atoms with E-state index in [9.17, 15) is 9.18 Å². The largest absolute Gasteiger partial charge is 0.481 e. The number of imidazole rings is 1. The van der Waals surface area contributed by atoms with Gasteiger partial charge in [-0.05, 0) is 30.4 Å². The molecule has 0 spiro atoms. The van der Waals surface area contributed by atoms with Crippen LogP contribution in [-0.2, 0) is 11.2 Å². The van der Waals surface area contributed by atoms with E-state index in [1.807, 2.05) is 0 Å². The van der Waals surface area contributed by atoms with Gasteiger partial charge in [0, 0.05) is 6.42 Å². The molecule has 0 aliphatic heterocycles. The summed E-state index contributed by atoms with van der Waals surface area (Å²) >= 11 is 0. The van der Waals surface area contributed by atoms with Gasteiger partial charge in [0.1, 0.15) is 11.3 Å². The van der Waals surface area contributed by atoms with Crippen LogP contribution in [0, 0.1) is 11.2 Å². The van der Waals surface area contributed by atoms with E-state index in [-0.39, 0.29) is 17.7 Å². The Kier molecular flexibility index (Phi) is 3.20. The smallest absolute Gasteiger partial charge is 0.303 e. The third kappa shape index (κ3) is 2.40. The normalized spacial score (nSPS) is 17.6. The van der Waals surface area contributed by atoms with Crippen LogP contribution in [-0.4, -0.2) is 21.0 Å². The quantitative estimate of drug-likeness (QED) is 0.900. The maximum absolute atomic E-state index is 13.6. The molecule has 5 heteroatoms. The van der Waals surface area contributed by atoms with Crippen molar-refractivity contribution < 1.29 is 14.3 Å². The first-order valence-electron chi connectivity index (χ1n) is 6.93. The number of nitrogens with zero attached hydrogens (tertiary/aromatic N) is 1. The first kappa shape index (κ1) is 13.1. The average molecular weight is 276 g/mol. The molecule has 1 aromatic carbocycles. The number of carboxylic acid groups (broad SMARTS) is 1. The van der Waals surface area contributed by atoms with Crippen molar-refractivity contribution in [2.45, 2.75) is 38.5 Å². The van der Waals surface area contributed by atoms with Crippen molar-refractivity contribution in [3.05, 3.63) is 29.8 Å². The molecular weight excluding hydrogens is 259 g/mol. The fraction of sp³-hybridized carbons (Fsp3) is 0.467. The van der Waals surface area contributed by atoms with Crippen LogP contribution in [0.4, 0.5) is 4.39 Å². The molecule has 0 saturated heterocycles. The van der Waals surface area contributed by atoms with Gasteiger partial charge in [-0.3, -0.25) is 4.79 Å². The van der Waals surface area contributed by atoms with E-state index in [0.29, 0.717) is 23.3 Å². The second-order valence-corrected chi connectivity index (χ2v) is 5.77. The maximum Gasteiger partial charge on any atom is 0.303 e. The number of para-hydroxylation sites is 1. The molecule has 2 aromatic rings. The summed E-state index contributed by atoms with van der Waals surface area (Å²) in [6.07, 6.45) is 4.65. The van der Waals surface area contributed by atoms with E-state index in [4.69, 9.17) is 5.11 Å². The maximum atomic E-state index is 13.6. The number of hydrogen-bond acceptors (Lipinski definition) is 2. The predicted octanol–water partition coefficient (Wildman–Crippen LogP) is 3.28. The number of aromatic amines is 1. The first-order chi connectivity index (χ1) is 9.58. The van der Waals surface area contributed by atoms with Crippen molar-refractivity contribution in [2.24, 2.45) is 5.41 Å². The number of carbonyl (C=O) groups is 1. The summed E-state index contributed by atoms with van der Waals surface area (Å²) in [6, 6.07) is 4.81. The lowest BCUT2D eigenvalue weighted by Crippen LogP contribution is -2.24. The van der Waals surface area contributed by atoms with Gasteiger partial charge < -0.3 is 10.1 Å². The van der Waals surface area contributed by atoms with Crippen molar-refractivity contribution in [3.8, 4) is 0 Å². The molecule has 0 unspecified atom stereocenters. The van der Waals surface area contributed by atoms with Gasteiger partial charge in [-0.1, -0.05) is 18.9 Å². The van der Waals surface area contributed by atoms with E-state index < -0.39 is 5.97 Å². The lowest BCUT2D eigenvalue weighted by Gasteiger charge is -2.25. The number of H-pyrrole nitrogens is 1. The average Bonchev–Trinajstić information content (AvgIpc) is 2.96. The van der Waals surface area contributed by atoms with Crippen LogP contribution in [0.2, 0.25) is 0 Å². The molecule has 0 radical (unpaired) electrons. The molecule has 0 bridgehead atoms. The van der Waals surface area contributed by atoms with Crippen molar-refractivity contribution in [1.29, 1.82) is 0 Å². The van der Waals surface area contributed by atoms with Crippen LogP contribution in [0.25, 0.3) is 11.0 Å². The van der Waals surface area contributed by atoms with Crippen molar-refractivity contribution >= 4 is 17.0 Å². The number of aliphatic carboxylic acids is 1. The Balaban J connectivity index is 1.90. The zero-order chi connectivity index (χ0) is 14.2. The SMILES string of the molecule is O=C(O)CC1(Cc2nc3c(F)cccc3[nH]2)CCCC1. The minimum absolute atomic E-state index is 0.159. The summed E-state index contributed by atoms with van der Waals surface area (Å²) in [5.74, 6) is -0.425. The third-order valence-electron chi connectivity index (χ3n) is 4.25. The first-order valence-corrected chi connectivity index (χ1v) is 6.93. The summed E-state index contributed by atoms with van der Waals surface area (Å²) < 4.78 is 13.6.